The van der Waals surface area contributed by atoms with Crippen molar-refractivity contribution >= 4 is 11.8 Å². The highest BCUT2D eigenvalue weighted by molar-refractivity contribution is 6.21. The van der Waals surface area contributed by atoms with Gasteiger partial charge in [0.05, 0.1) is 11.1 Å². The summed E-state index contributed by atoms with van der Waals surface area (Å²) in [5.41, 5.74) is 1.10. The Morgan fingerprint density at radius 2 is 1.71 bits per heavy atom. The van der Waals surface area contributed by atoms with Crippen LogP contribution in [0.4, 0.5) is 0 Å². The Balaban J connectivity index is 1.57. The summed E-state index contributed by atoms with van der Waals surface area (Å²) in [4.78, 5) is 28.4. The van der Waals surface area contributed by atoms with Crippen molar-refractivity contribution in [3.63, 3.8) is 0 Å². The number of fused-ring (bicyclic) bond motifs is 1. The number of imide groups is 1. The molecule has 0 spiro atoms. The fourth-order valence-corrected chi connectivity index (χ4v) is 3.36. The Morgan fingerprint density at radius 3 is 2.33 bits per heavy atom. The number of benzene rings is 1. The third kappa shape index (κ3) is 2.72. The number of amides is 2. The maximum absolute atomic E-state index is 12.2. The zero-order valence-electron chi connectivity index (χ0n) is 12.5. The molecule has 3 rings (SSSR count). The molecule has 1 atom stereocenters. The van der Waals surface area contributed by atoms with Gasteiger partial charge in [0.15, 0.2) is 0 Å². The van der Waals surface area contributed by atoms with E-state index in [2.05, 4.69) is 11.8 Å². The Kier molecular flexibility index (Phi) is 4.06. The fraction of sp³-hybridized carbons (Fsp3) is 0.529. The third-order valence-electron chi connectivity index (χ3n) is 4.65. The average Bonchev–Trinajstić information content (AvgIpc) is 2.74. The van der Waals surface area contributed by atoms with E-state index in [1.807, 2.05) is 12.1 Å². The van der Waals surface area contributed by atoms with Crippen molar-refractivity contribution in [2.75, 3.05) is 19.6 Å². The van der Waals surface area contributed by atoms with Crippen LogP contribution < -0.4 is 0 Å². The summed E-state index contributed by atoms with van der Waals surface area (Å²) in [6.45, 7) is 4.90. The normalized spacial score (nSPS) is 22.7. The predicted octanol–water partition coefficient (Wildman–Crippen LogP) is 2.55. The minimum absolute atomic E-state index is 0.137. The Morgan fingerprint density at radius 1 is 1.05 bits per heavy atom. The number of rotatable bonds is 4. The summed E-state index contributed by atoms with van der Waals surface area (Å²) in [5.74, 6) is -0.274. The van der Waals surface area contributed by atoms with Crippen molar-refractivity contribution in [1.29, 1.82) is 0 Å². The van der Waals surface area contributed by atoms with E-state index in [1.165, 1.54) is 24.2 Å². The second-order valence-corrected chi connectivity index (χ2v) is 6.04. The van der Waals surface area contributed by atoms with Gasteiger partial charge in [-0.15, -0.1) is 0 Å². The molecule has 1 saturated heterocycles. The third-order valence-corrected chi connectivity index (χ3v) is 4.65. The van der Waals surface area contributed by atoms with Crippen molar-refractivity contribution in [3.8, 4) is 0 Å². The molecule has 2 aliphatic heterocycles. The van der Waals surface area contributed by atoms with Crippen LogP contribution in [0.5, 0.6) is 0 Å². The van der Waals surface area contributed by atoms with Crippen molar-refractivity contribution < 1.29 is 9.59 Å². The van der Waals surface area contributed by atoms with Crippen LogP contribution in [0.15, 0.2) is 24.3 Å². The van der Waals surface area contributed by atoms with E-state index in [0.29, 0.717) is 23.7 Å². The molecule has 0 saturated carbocycles. The van der Waals surface area contributed by atoms with Gasteiger partial charge in [-0.3, -0.25) is 14.5 Å². The summed E-state index contributed by atoms with van der Waals surface area (Å²) in [6.07, 6.45) is 4.69. The van der Waals surface area contributed by atoms with E-state index in [1.54, 1.807) is 12.1 Å². The number of hydrogen-bond acceptors (Lipinski definition) is 3. The lowest BCUT2D eigenvalue weighted by Crippen LogP contribution is -2.40. The molecule has 4 heteroatoms. The SMILES string of the molecule is C[C@@H]1CCCCN1CCCN1C(=O)c2ccccc2C1=O. The number of carbonyl (C=O) groups excluding carboxylic acids is 2. The number of carbonyl (C=O) groups is 2. The molecule has 1 aromatic rings. The summed E-state index contributed by atoms with van der Waals surface area (Å²) >= 11 is 0. The average molecular weight is 286 g/mol. The Bertz CT molecular complexity index is 520. The lowest BCUT2D eigenvalue weighted by Gasteiger charge is -2.33. The molecular formula is C17H22N2O2. The van der Waals surface area contributed by atoms with E-state index in [9.17, 15) is 9.59 Å². The number of piperidine rings is 1. The molecule has 1 fully saturated rings. The Labute approximate surface area is 125 Å². The number of nitrogens with zero attached hydrogens (tertiary/aromatic N) is 2. The van der Waals surface area contributed by atoms with Crippen molar-refractivity contribution in [2.24, 2.45) is 0 Å². The van der Waals surface area contributed by atoms with Gasteiger partial charge in [0, 0.05) is 19.1 Å². The summed E-state index contributed by atoms with van der Waals surface area (Å²) < 4.78 is 0. The van der Waals surface area contributed by atoms with Crippen LogP contribution in [0.1, 0.15) is 53.3 Å². The maximum Gasteiger partial charge on any atom is 0.261 e. The summed E-state index contributed by atoms with van der Waals surface area (Å²) in [7, 11) is 0. The molecular weight excluding hydrogens is 264 g/mol. The topological polar surface area (TPSA) is 40.6 Å². The molecule has 0 radical (unpaired) electrons. The first-order valence-corrected chi connectivity index (χ1v) is 7.88. The highest BCUT2D eigenvalue weighted by Gasteiger charge is 2.34. The molecule has 2 aliphatic rings. The van der Waals surface area contributed by atoms with E-state index in [4.69, 9.17) is 0 Å². The maximum atomic E-state index is 12.2. The van der Waals surface area contributed by atoms with Gasteiger partial charge in [-0.1, -0.05) is 18.6 Å². The lowest BCUT2D eigenvalue weighted by molar-refractivity contribution is 0.0641. The summed E-state index contributed by atoms with van der Waals surface area (Å²) in [5, 5.41) is 0. The predicted molar refractivity (Wildman–Crippen MR) is 81.3 cm³/mol. The molecule has 0 N–H and O–H groups in total. The zero-order chi connectivity index (χ0) is 14.8. The quantitative estimate of drug-likeness (QED) is 0.799. The minimum Gasteiger partial charge on any atom is -0.301 e. The van der Waals surface area contributed by atoms with Gasteiger partial charge >= 0.3 is 0 Å². The van der Waals surface area contributed by atoms with Gasteiger partial charge in [0.1, 0.15) is 0 Å². The molecule has 0 unspecified atom stereocenters. The first kappa shape index (κ1) is 14.3. The van der Waals surface area contributed by atoms with Gasteiger partial charge in [0.25, 0.3) is 11.8 Å². The molecule has 2 amide bonds. The lowest BCUT2D eigenvalue weighted by atomic mass is 10.0. The molecule has 112 valence electrons. The largest absolute Gasteiger partial charge is 0.301 e. The Hall–Kier alpha value is -1.68. The molecule has 1 aromatic carbocycles. The van der Waals surface area contributed by atoms with E-state index in [0.717, 1.165) is 19.5 Å². The smallest absolute Gasteiger partial charge is 0.261 e. The molecule has 0 bridgehead atoms. The second kappa shape index (κ2) is 5.98. The fourth-order valence-electron chi connectivity index (χ4n) is 3.36. The first-order valence-electron chi connectivity index (χ1n) is 7.88. The molecule has 2 heterocycles. The highest BCUT2D eigenvalue weighted by Crippen LogP contribution is 2.23. The highest BCUT2D eigenvalue weighted by atomic mass is 16.2. The standard InChI is InChI=1S/C17H22N2O2/c1-13-7-4-5-10-18(13)11-6-12-19-16(20)14-8-2-3-9-15(14)17(19)21/h2-3,8-9,13H,4-7,10-12H2,1H3/t13-/m1/s1. The van der Waals surface area contributed by atoms with E-state index in [-0.39, 0.29) is 11.8 Å². The van der Waals surface area contributed by atoms with Crippen LogP contribution in [0.25, 0.3) is 0 Å². The monoisotopic (exact) mass is 286 g/mol. The second-order valence-electron chi connectivity index (χ2n) is 6.04. The van der Waals surface area contributed by atoms with Gasteiger partial charge in [-0.2, -0.15) is 0 Å². The number of hydrogen-bond donors (Lipinski definition) is 0. The van der Waals surface area contributed by atoms with E-state index < -0.39 is 0 Å². The van der Waals surface area contributed by atoms with Crippen LogP contribution in [0, 0.1) is 0 Å². The van der Waals surface area contributed by atoms with Crippen LogP contribution in [-0.2, 0) is 0 Å². The van der Waals surface area contributed by atoms with Gasteiger partial charge in [0.2, 0.25) is 0 Å². The van der Waals surface area contributed by atoms with Gasteiger partial charge < -0.3 is 4.90 Å². The van der Waals surface area contributed by atoms with Crippen LogP contribution in [0.2, 0.25) is 0 Å². The minimum atomic E-state index is -0.137. The van der Waals surface area contributed by atoms with Crippen molar-refractivity contribution in [3.05, 3.63) is 35.4 Å². The summed E-state index contributed by atoms with van der Waals surface area (Å²) in [6, 6.07) is 7.72. The van der Waals surface area contributed by atoms with Crippen molar-refractivity contribution in [1.82, 2.24) is 9.80 Å². The van der Waals surface area contributed by atoms with Crippen LogP contribution >= 0.6 is 0 Å². The molecule has 21 heavy (non-hydrogen) atoms. The first-order chi connectivity index (χ1) is 10.2. The van der Waals surface area contributed by atoms with E-state index >= 15 is 0 Å². The molecule has 0 aliphatic carbocycles. The molecule has 4 nitrogen and oxygen atoms in total. The van der Waals surface area contributed by atoms with Crippen LogP contribution in [-0.4, -0.2) is 47.3 Å². The zero-order valence-corrected chi connectivity index (χ0v) is 12.5. The molecule has 0 aromatic heterocycles. The number of likely N-dealkylation sites (tertiary alicyclic amines) is 1. The van der Waals surface area contributed by atoms with Gasteiger partial charge in [-0.05, 0) is 44.9 Å². The van der Waals surface area contributed by atoms with Crippen LogP contribution in [0.3, 0.4) is 0 Å². The van der Waals surface area contributed by atoms with Gasteiger partial charge in [-0.25, -0.2) is 0 Å². The van der Waals surface area contributed by atoms with Crippen molar-refractivity contribution in [2.45, 2.75) is 38.6 Å².